The highest BCUT2D eigenvalue weighted by atomic mass is 16.5. The van der Waals surface area contributed by atoms with Crippen LogP contribution >= 0.6 is 0 Å². The van der Waals surface area contributed by atoms with Gasteiger partial charge in [0.25, 0.3) is 0 Å². The summed E-state index contributed by atoms with van der Waals surface area (Å²) in [4.78, 5) is 14.6. The number of benzene rings is 1. The maximum Gasteiger partial charge on any atom is 0.222 e. The van der Waals surface area contributed by atoms with Crippen molar-refractivity contribution < 1.29 is 9.53 Å². The van der Waals surface area contributed by atoms with Crippen molar-refractivity contribution in [1.29, 1.82) is 0 Å². The largest absolute Gasteiger partial charge is 0.383 e. The van der Waals surface area contributed by atoms with Gasteiger partial charge in [-0.15, -0.1) is 0 Å². The number of unbranched alkanes of at least 4 members (excludes halogenated alkanes) is 3. The van der Waals surface area contributed by atoms with Gasteiger partial charge in [-0.3, -0.25) is 4.79 Å². The van der Waals surface area contributed by atoms with Crippen molar-refractivity contribution in [2.45, 2.75) is 52.1 Å². The number of aromatic nitrogens is 1. The molecule has 0 fully saturated rings. The Hall–Kier alpha value is -2.07. The van der Waals surface area contributed by atoms with E-state index < -0.39 is 0 Å². The molecule has 0 N–H and O–H groups in total. The van der Waals surface area contributed by atoms with Crippen molar-refractivity contribution in [3.63, 3.8) is 0 Å². The zero-order valence-corrected chi connectivity index (χ0v) is 16.2. The third kappa shape index (κ3) is 6.68. The highest BCUT2D eigenvalue weighted by molar-refractivity contribution is 5.76. The van der Waals surface area contributed by atoms with Crippen LogP contribution in [0.5, 0.6) is 0 Å². The Labute approximate surface area is 157 Å². The number of nitrogens with zero attached hydrogens (tertiary/aromatic N) is 2. The van der Waals surface area contributed by atoms with E-state index in [-0.39, 0.29) is 5.91 Å². The Morgan fingerprint density at radius 3 is 2.62 bits per heavy atom. The molecular weight excluding hydrogens is 324 g/mol. The lowest BCUT2D eigenvalue weighted by atomic mass is 10.1. The number of methoxy groups -OCH3 is 1. The molecule has 2 rings (SSSR count). The average molecular weight is 357 g/mol. The summed E-state index contributed by atoms with van der Waals surface area (Å²) in [6, 6.07) is 14.6. The molecule has 2 aromatic rings. The maximum absolute atomic E-state index is 12.7. The highest BCUT2D eigenvalue weighted by Gasteiger charge is 2.15. The predicted octanol–water partition coefficient (Wildman–Crippen LogP) is 4.48. The number of amides is 1. The molecule has 142 valence electrons. The van der Waals surface area contributed by atoms with Crippen LogP contribution in [0.15, 0.2) is 48.7 Å². The summed E-state index contributed by atoms with van der Waals surface area (Å²) in [7, 11) is 1.68. The van der Waals surface area contributed by atoms with Gasteiger partial charge in [-0.05, 0) is 24.1 Å². The van der Waals surface area contributed by atoms with Gasteiger partial charge < -0.3 is 14.2 Å². The van der Waals surface area contributed by atoms with Gasteiger partial charge in [-0.1, -0.05) is 56.5 Å². The van der Waals surface area contributed by atoms with Crippen LogP contribution in [0, 0.1) is 0 Å². The van der Waals surface area contributed by atoms with Crippen LogP contribution in [-0.4, -0.2) is 35.6 Å². The van der Waals surface area contributed by atoms with E-state index in [9.17, 15) is 4.79 Å². The van der Waals surface area contributed by atoms with Crippen LogP contribution < -0.4 is 0 Å². The number of carbonyl (C=O) groups is 1. The average Bonchev–Trinajstić information content (AvgIpc) is 3.09. The second-order valence-corrected chi connectivity index (χ2v) is 6.73. The summed E-state index contributed by atoms with van der Waals surface area (Å²) in [5, 5.41) is 0. The summed E-state index contributed by atoms with van der Waals surface area (Å²) in [6.07, 6.45) is 7.21. The van der Waals surface area contributed by atoms with E-state index in [0.29, 0.717) is 26.1 Å². The molecule has 4 heteroatoms. The molecule has 0 aliphatic rings. The molecule has 0 saturated heterocycles. The zero-order chi connectivity index (χ0) is 18.6. The number of ether oxygens (including phenoxy) is 1. The quantitative estimate of drug-likeness (QED) is 0.526. The molecule has 1 aromatic carbocycles. The summed E-state index contributed by atoms with van der Waals surface area (Å²) < 4.78 is 7.43. The Balaban J connectivity index is 1.99. The SMILES string of the molecule is CCCCCCC(=O)N(CCOC)Cc1cccn1Cc1ccccc1. The molecule has 0 bridgehead atoms. The minimum atomic E-state index is 0.227. The smallest absolute Gasteiger partial charge is 0.222 e. The molecule has 1 amide bonds. The minimum Gasteiger partial charge on any atom is -0.383 e. The predicted molar refractivity (Wildman–Crippen MR) is 106 cm³/mol. The number of hydrogen-bond donors (Lipinski definition) is 0. The van der Waals surface area contributed by atoms with Crippen LogP contribution in [-0.2, 0) is 22.6 Å². The first-order valence-corrected chi connectivity index (χ1v) is 9.69. The Morgan fingerprint density at radius 2 is 1.88 bits per heavy atom. The normalized spacial score (nSPS) is 10.8. The molecule has 0 spiro atoms. The van der Waals surface area contributed by atoms with Gasteiger partial charge in [0.05, 0.1) is 13.2 Å². The fraction of sp³-hybridized carbons (Fsp3) is 0.500. The van der Waals surface area contributed by atoms with Crippen LogP contribution in [0.1, 0.15) is 50.3 Å². The Bertz CT molecular complexity index is 637. The van der Waals surface area contributed by atoms with Crippen molar-refractivity contribution in [2.24, 2.45) is 0 Å². The standard InChI is InChI=1S/C22H32N2O2/c1-3-4-5-9-14-22(25)24(16-17-26-2)19-21-13-10-15-23(21)18-20-11-7-6-8-12-20/h6-8,10-13,15H,3-5,9,14,16-19H2,1-2H3. The van der Waals surface area contributed by atoms with Gasteiger partial charge in [0, 0.05) is 38.5 Å². The molecule has 0 unspecified atom stereocenters. The summed E-state index contributed by atoms with van der Waals surface area (Å²) >= 11 is 0. The van der Waals surface area contributed by atoms with Crippen molar-refractivity contribution in [3.05, 3.63) is 59.9 Å². The Morgan fingerprint density at radius 1 is 1.08 bits per heavy atom. The fourth-order valence-electron chi connectivity index (χ4n) is 3.08. The van der Waals surface area contributed by atoms with Crippen molar-refractivity contribution >= 4 is 5.91 Å². The van der Waals surface area contributed by atoms with Gasteiger partial charge in [0.2, 0.25) is 5.91 Å². The molecule has 1 heterocycles. The summed E-state index contributed by atoms with van der Waals surface area (Å²) in [6.45, 7) is 4.86. The van der Waals surface area contributed by atoms with Crippen molar-refractivity contribution in [2.75, 3.05) is 20.3 Å². The lowest BCUT2D eigenvalue weighted by Crippen LogP contribution is -2.34. The first-order chi connectivity index (χ1) is 12.7. The van der Waals surface area contributed by atoms with Gasteiger partial charge >= 0.3 is 0 Å². The zero-order valence-electron chi connectivity index (χ0n) is 16.2. The summed E-state index contributed by atoms with van der Waals surface area (Å²) in [5.74, 6) is 0.227. The van der Waals surface area contributed by atoms with E-state index in [1.807, 2.05) is 11.0 Å². The molecule has 0 aliphatic heterocycles. The first kappa shape index (κ1) is 20.2. The van der Waals surface area contributed by atoms with E-state index >= 15 is 0 Å². The molecule has 0 atom stereocenters. The Kier molecular flexibility index (Phi) is 8.98. The highest BCUT2D eigenvalue weighted by Crippen LogP contribution is 2.13. The second-order valence-electron chi connectivity index (χ2n) is 6.73. The lowest BCUT2D eigenvalue weighted by Gasteiger charge is -2.23. The minimum absolute atomic E-state index is 0.227. The van der Waals surface area contributed by atoms with E-state index in [1.54, 1.807) is 7.11 Å². The van der Waals surface area contributed by atoms with Crippen LogP contribution in [0.25, 0.3) is 0 Å². The van der Waals surface area contributed by atoms with Crippen molar-refractivity contribution in [3.8, 4) is 0 Å². The molecule has 26 heavy (non-hydrogen) atoms. The first-order valence-electron chi connectivity index (χ1n) is 9.69. The van der Waals surface area contributed by atoms with Gasteiger partial charge in [-0.25, -0.2) is 0 Å². The van der Waals surface area contributed by atoms with Crippen molar-refractivity contribution in [1.82, 2.24) is 9.47 Å². The lowest BCUT2D eigenvalue weighted by molar-refractivity contribution is -0.132. The van der Waals surface area contributed by atoms with Gasteiger partial charge in [0.1, 0.15) is 0 Å². The maximum atomic E-state index is 12.7. The molecule has 1 aromatic heterocycles. The van der Waals surface area contributed by atoms with E-state index in [4.69, 9.17) is 4.74 Å². The third-order valence-corrected chi connectivity index (χ3v) is 4.63. The molecule has 0 radical (unpaired) electrons. The second kappa shape index (κ2) is 11.5. The fourth-order valence-corrected chi connectivity index (χ4v) is 3.08. The molecular formula is C22H32N2O2. The van der Waals surface area contributed by atoms with Crippen LogP contribution in [0.3, 0.4) is 0 Å². The number of hydrogen-bond acceptors (Lipinski definition) is 2. The molecule has 4 nitrogen and oxygen atoms in total. The van der Waals surface area contributed by atoms with Crippen LogP contribution in [0.2, 0.25) is 0 Å². The van der Waals surface area contributed by atoms with Crippen LogP contribution in [0.4, 0.5) is 0 Å². The summed E-state index contributed by atoms with van der Waals surface area (Å²) in [5.41, 5.74) is 2.42. The monoisotopic (exact) mass is 356 g/mol. The van der Waals surface area contributed by atoms with E-state index in [0.717, 1.165) is 25.1 Å². The topological polar surface area (TPSA) is 34.5 Å². The van der Waals surface area contributed by atoms with E-state index in [2.05, 4.69) is 54.1 Å². The third-order valence-electron chi connectivity index (χ3n) is 4.63. The molecule has 0 aliphatic carbocycles. The number of carbonyl (C=O) groups excluding carboxylic acids is 1. The molecule has 0 saturated carbocycles. The van der Waals surface area contributed by atoms with E-state index in [1.165, 1.54) is 18.4 Å². The number of rotatable bonds is 12. The van der Waals surface area contributed by atoms with Gasteiger partial charge in [0.15, 0.2) is 0 Å². The van der Waals surface area contributed by atoms with Gasteiger partial charge in [-0.2, -0.15) is 0 Å².